The summed E-state index contributed by atoms with van der Waals surface area (Å²) < 4.78 is 36.4. The van der Waals surface area contributed by atoms with E-state index in [0.29, 0.717) is 22.0 Å². The molecule has 2 aromatic rings. The SMILES string of the molecule is COC(=O)c1ccc(S(=O)(=O)N(C)CC(=O)Nc2cc(Cl)ccc2OC)c(C)c1. The third-order valence-electron chi connectivity index (χ3n) is 4.09. The summed E-state index contributed by atoms with van der Waals surface area (Å²) in [5, 5.41) is 2.98. The molecule has 0 unspecified atom stereocenters. The van der Waals surface area contributed by atoms with Crippen LogP contribution in [0.1, 0.15) is 15.9 Å². The number of sulfonamides is 1. The van der Waals surface area contributed by atoms with Gasteiger partial charge in [0.15, 0.2) is 0 Å². The normalized spacial score (nSPS) is 11.2. The molecule has 2 aromatic carbocycles. The van der Waals surface area contributed by atoms with E-state index in [9.17, 15) is 18.0 Å². The second-order valence-electron chi connectivity index (χ2n) is 6.13. The number of aryl methyl sites for hydroxylation is 1. The zero-order valence-corrected chi connectivity index (χ0v) is 17.9. The molecule has 8 nitrogen and oxygen atoms in total. The number of methoxy groups -OCH3 is 2. The predicted octanol–water partition coefficient (Wildman–Crippen LogP) is 2.70. The molecular weight excluding hydrogens is 420 g/mol. The second kappa shape index (κ2) is 9.25. The molecule has 2 rings (SSSR count). The lowest BCUT2D eigenvalue weighted by atomic mass is 10.1. The van der Waals surface area contributed by atoms with E-state index in [-0.39, 0.29) is 10.5 Å². The van der Waals surface area contributed by atoms with Gasteiger partial charge < -0.3 is 14.8 Å². The van der Waals surface area contributed by atoms with Gasteiger partial charge in [-0.15, -0.1) is 0 Å². The van der Waals surface area contributed by atoms with E-state index < -0.39 is 28.4 Å². The first-order valence-electron chi connectivity index (χ1n) is 8.39. The van der Waals surface area contributed by atoms with Gasteiger partial charge in [0, 0.05) is 12.1 Å². The number of anilines is 1. The minimum atomic E-state index is -3.97. The number of likely N-dealkylation sites (N-methyl/N-ethyl adjacent to an activating group) is 1. The van der Waals surface area contributed by atoms with E-state index >= 15 is 0 Å². The molecule has 0 saturated carbocycles. The lowest BCUT2D eigenvalue weighted by Gasteiger charge is -2.19. The number of hydrogen-bond acceptors (Lipinski definition) is 6. The molecule has 0 radical (unpaired) electrons. The highest BCUT2D eigenvalue weighted by molar-refractivity contribution is 7.89. The van der Waals surface area contributed by atoms with E-state index in [1.54, 1.807) is 19.1 Å². The molecule has 0 aromatic heterocycles. The number of nitrogens with zero attached hydrogens (tertiary/aromatic N) is 1. The van der Waals surface area contributed by atoms with Crippen LogP contribution in [0.25, 0.3) is 0 Å². The maximum atomic E-state index is 12.9. The van der Waals surface area contributed by atoms with Gasteiger partial charge in [0.25, 0.3) is 0 Å². The van der Waals surface area contributed by atoms with Gasteiger partial charge in [0.05, 0.1) is 36.9 Å². The van der Waals surface area contributed by atoms with Gasteiger partial charge in [-0.25, -0.2) is 13.2 Å². The van der Waals surface area contributed by atoms with Crippen molar-refractivity contribution < 1.29 is 27.5 Å². The fourth-order valence-corrected chi connectivity index (χ4v) is 4.11. The van der Waals surface area contributed by atoms with Crippen LogP contribution in [0.4, 0.5) is 5.69 Å². The fourth-order valence-electron chi connectivity index (χ4n) is 2.61. The summed E-state index contributed by atoms with van der Waals surface area (Å²) in [6, 6.07) is 8.78. The predicted molar refractivity (Wildman–Crippen MR) is 109 cm³/mol. The minimum absolute atomic E-state index is 0.0132. The van der Waals surface area contributed by atoms with Gasteiger partial charge >= 0.3 is 5.97 Å². The van der Waals surface area contributed by atoms with Gasteiger partial charge in [0.1, 0.15) is 5.75 Å². The molecule has 0 aliphatic rings. The van der Waals surface area contributed by atoms with Crippen molar-refractivity contribution in [3.05, 3.63) is 52.5 Å². The van der Waals surface area contributed by atoms with Crippen molar-refractivity contribution >= 4 is 39.2 Å². The van der Waals surface area contributed by atoms with Crippen molar-refractivity contribution in [1.82, 2.24) is 4.31 Å². The minimum Gasteiger partial charge on any atom is -0.495 e. The number of carbonyl (C=O) groups excluding carboxylic acids is 2. The molecule has 1 amide bonds. The third kappa shape index (κ3) is 5.26. The molecule has 0 aliphatic carbocycles. The first kappa shape index (κ1) is 22.7. The molecule has 0 atom stereocenters. The van der Waals surface area contributed by atoms with Crippen molar-refractivity contribution in [2.75, 3.05) is 33.1 Å². The maximum absolute atomic E-state index is 12.9. The number of carbonyl (C=O) groups is 2. The Labute approximate surface area is 174 Å². The lowest BCUT2D eigenvalue weighted by Crippen LogP contribution is -2.35. The molecule has 29 heavy (non-hydrogen) atoms. The Morgan fingerprint density at radius 1 is 1.14 bits per heavy atom. The van der Waals surface area contributed by atoms with Crippen LogP contribution in [-0.2, 0) is 19.6 Å². The highest BCUT2D eigenvalue weighted by Gasteiger charge is 2.25. The van der Waals surface area contributed by atoms with Crippen LogP contribution in [0.15, 0.2) is 41.3 Å². The molecule has 0 bridgehead atoms. The lowest BCUT2D eigenvalue weighted by molar-refractivity contribution is -0.116. The van der Waals surface area contributed by atoms with E-state index in [0.717, 1.165) is 4.31 Å². The van der Waals surface area contributed by atoms with Gasteiger partial charge in [-0.3, -0.25) is 4.79 Å². The van der Waals surface area contributed by atoms with Crippen molar-refractivity contribution in [3.8, 4) is 5.75 Å². The Bertz CT molecular complexity index is 1040. The Kier molecular flexibility index (Phi) is 7.23. The molecular formula is C19H21ClN2O6S. The maximum Gasteiger partial charge on any atom is 0.337 e. The molecule has 0 aliphatic heterocycles. The van der Waals surface area contributed by atoms with Crippen LogP contribution in [0.3, 0.4) is 0 Å². The first-order chi connectivity index (χ1) is 13.6. The van der Waals surface area contributed by atoms with Gasteiger partial charge in [-0.05, 0) is 48.9 Å². The second-order valence-corrected chi connectivity index (χ2v) is 8.58. The number of esters is 1. The Hall–Kier alpha value is -2.62. The molecule has 10 heteroatoms. The quantitative estimate of drug-likeness (QED) is 0.664. The van der Waals surface area contributed by atoms with E-state index in [4.69, 9.17) is 16.3 Å². The topological polar surface area (TPSA) is 102 Å². The molecule has 0 saturated heterocycles. The van der Waals surface area contributed by atoms with Crippen molar-refractivity contribution in [2.24, 2.45) is 0 Å². The number of halogens is 1. The van der Waals surface area contributed by atoms with Crippen LogP contribution in [0.5, 0.6) is 5.75 Å². The summed E-state index contributed by atoms with van der Waals surface area (Å²) in [5.74, 6) is -0.747. The van der Waals surface area contributed by atoms with Crippen molar-refractivity contribution in [3.63, 3.8) is 0 Å². The number of ether oxygens (including phenoxy) is 2. The Morgan fingerprint density at radius 2 is 1.83 bits per heavy atom. The van der Waals surface area contributed by atoms with Crippen molar-refractivity contribution in [1.29, 1.82) is 0 Å². The van der Waals surface area contributed by atoms with Crippen LogP contribution < -0.4 is 10.1 Å². The molecule has 156 valence electrons. The third-order valence-corrected chi connectivity index (χ3v) is 6.28. The molecule has 0 spiro atoms. The summed E-state index contributed by atoms with van der Waals surface area (Å²) in [6.45, 7) is 1.13. The summed E-state index contributed by atoms with van der Waals surface area (Å²) >= 11 is 5.93. The zero-order chi connectivity index (χ0) is 21.8. The fraction of sp³-hybridized carbons (Fsp3) is 0.263. The average molecular weight is 441 g/mol. The van der Waals surface area contributed by atoms with Crippen molar-refractivity contribution in [2.45, 2.75) is 11.8 Å². The summed E-state index contributed by atoms with van der Waals surface area (Å²) in [6.07, 6.45) is 0. The Morgan fingerprint density at radius 3 is 2.41 bits per heavy atom. The van der Waals surface area contributed by atoms with E-state index in [1.165, 1.54) is 45.5 Å². The highest BCUT2D eigenvalue weighted by atomic mass is 35.5. The highest BCUT2D eigenvalue weighted by Crippen LogP contribution is 2.28. The largest absolute Gasteiger partial charge is 0.495 e. The van der Waals surface area contributed by atoms with Gasteiger partial charge in [0.2, 0.25) is 15.9 Å². The average Bonchev–Trinajstić information content (AvgIpc) is 2.67. The molecule has 0 heterocycles. The van der Waals surface area contributed by atoms with E-state index in [1.807, 2.05) is 0 Å². The Balaban J connectivity index is 2.19. The monoisotopic (exact) mass is 440 g/mol. The van der Waals surface area contributed by atoms with Gasteiger partial charge in [-0.1, -0.05) is 11.6 Å². The number of nitrogens with one attached hydrogen (secondary N) is 1. The van der Waals surface area contributed by atoms with Crippen LogP contribution >= 0.6 is 11.6 Å². The zero-order valence-electron chi connectivity index (χ0n) is 16.4. The van der Waals surface area contributed by atoms with Crippen LogP contribution in [-0.4, -0.2) is 52.4 Å². The van der Waals surface area contributed by atoms with Crippen LogP contribution in [0.2, 0.25) is 5.02 Å². The summed E-state index contributed by atoms with van der Waals surface area (Å²) in [4.78, 5) is 24.0. The smallest absolute Gasteiger partial charge is 0.337 e. The summed E-state index contributed by atoms with van der Waals surface area (Å²) in [5.41, 5.74) is 0.920. The number of amides is 1. The number of rotatable bonds is 7. The van der Waals surface area contributed by atoms with Gasteiger partial charge in [-0.2, -0.15) is 4.31 Å². The first-order valence-corrected chi connectivity index (χ1v) is 10.2. The summed E-state index contributed by atoms with van der Waals surface area (Å²) in [7, 11) is 0.00291. The van der Waals surface area contributed by atoms with Crippen LogP contribution in [0, 0.1) is 6.92 Å². The molecule has 1 N–H and O–H groups in total. The standard InChI is InChI=1S/C19H21ClN2O6S/c1-12-9-13(19(24)28-4)5-8-17(12)29(25,26)22(2)11-18(23)21-15-10-14(20)6-7-16(15)27-3/h5-10H,11H2,1-4H3,(H,21,23). The van der Waals surface area contributed by atoms with E-state index in [2.05, 4.69) is 10.1 Å². The molecule has 0 fully saturated rings. The number of hydrogen-bond donors (Lipinski definition) is 1. The number of benzene rings is 2.